The third-order valence-corrected chi connectivity index (χ3v) is 2.79. The van der Waals surface area contributed by atoms with Crippen LogP contribution in [0.15, 0.2) is 0 Å². The van der Waals surface area contributed by atoms with E-state index in [1.54, 1.807) is 7.11 Å². The Balaban J connectivity index is 2.30. The van der Waals surface area contributed by atoms with Crippen LogP contribution in [0.4, 0.5) is 0 Å². The van der Waals surface area contributed by atoms with Gasteiger partial charge in [0, 0.05) is 39.3 Å². The molecule has 0 aromatic heterocycles. The van der Waals surface area contributed by atoms with Crippen molar-refractivity contribution < 1.29 is 14.6 Å². The van der Waals surface area contributed by atoms with Gasteiger partial charge >= 0.3 is 5.97 Å². The minimum Gasteiger partial charge on any atom is -0.480 e. The molecule has 0 radical (unpaired) electrons. The third-order valence-electron chi connectivity index (χ3n) is 2.79. The zero-order valence-corrected chi connectivity index (χ0v) is 9.48. The lowest BCUT2D eigenvalue weighted by atomic mass is 10.2. The van der Waals surface area contributed by atoms with Crippen molar-refractivity contribution >= 4 is 5.97 Å². The number of methoxy groups -OCH3 is 1. The van der Waals surface area contributed by atoms with Crippen LogP contribution in [-0.4, -0.2) is 73.4 Å². The maximum atomic E-state index is 10.6. The van der Waals surface area contributed by atoms with E-state index in [1.807, 2.05) is 4.90 Å². The molecular formula is C10H20N2O3. The number of nitrogens with zero attached hydrogens (tertiary/aromatic N) is 2. The summed E-state index contributed by atoms with van der Waals surface area (Å²) >= 11 is 0. The minimum atomic E-state index is -0.743. The van der Waals surface area contributed by atoms with Gasteiger partial charge in [-0.25, -0.2) is 0 Å². The second-order valence-corrected chi connectivity index (χ2v) is 4.01. The van der Waals surface area contributed by atoms with Crippen LogP contribution in [0.25, 0.3) is 0 Å². The molecular weight excluding hydrogens is 196 g/mol. The van der Waals surface area contributed by atoms with Crippen molar-refractivity contribution in [3.05, 3.63) is 0 Å². The molecule has 0 aromatic carbocycles. The molecule has 15 heavy (non-hydrogen) atoms. The van der Waals surface area contributed by atoms with Gasteiger partial charge in [-0.2, -0.15) is 0 Å². The zero-order valence-electron chi connectivity index (χ0n) is 9.48. The summed E-state index contributed by atoms with van der Waals surface area (Å²) in [6.07, 6.45) is 0. The van der Waals surface area contributed by atoms with Crippen molar-refractivity contribution in [2.45, 2.75) is 13.0 Å². The molecule has 88 valence electrons. The molecule has 0 bridgehead atoms. The van der Waals surface area contributed by atoms with Gasteiger partial charge in [-0.3, -0.25) is 14.6 Å². The molecule has 1 unspecified atom stereocenters. The van der Waals surface area contributed by atoms with Crippen LogP contribution < -0.4 is 0 Å². The normalized spacial score (nSPS) is 24.3. The monoisotopic (exact) mass is 216 g/mol. The summed E-state index contributed by atoms with van der Waals surface area (Å²) in [7, 11) is 1.70. The Bertz CT molecular complexity index is 211. The molecule has 1 aliphatic rings. The highest BCUT2D eigenvalue weighted by Gasteiger charge is 2.24. The van der Waals surface area contributed by atoms with E-state index in [9.17, 15) is 4.79 Å². The topological polar surface area (TPSA) is 53.0 Å². The molecule has 1 heterocycles. The molecule has 1 rings (SSSR count). The average molecular weight is 216 g/mol. The van der Waals surface area contributed by atoms with Gasteiger partial charge in [0.05, 0.1) is 13.2 Å². The number of carboxylic acids is 1. The summed E-state index contributed by atoms with van der Waals surface area (Å²) in [4.78, 5) is 14.9. The number of rotatable bonds is 5. The Morgan fingerprint density at radius 3 is 2.80 bits per heavy atom. The largest absolute Gasteiger partial charge is 0.480 e. The fraction of sp³-hybridized carbons (Fsp3) is 0.900. The number of hydrogen-bond acceptors (Lipinski definition) is 4. The first kappa shape index (κ1) is 12.4. The summed E-state index contributed by atoms with van der Waals surface area (Å²) < 4.78 is 5.03. The van der Waals surface area contributed by atoms with Gasteiger partial charge in [-0.1, -0.05) is 0 Å². The first-order valence-electron chi connectivity index (χ1n) is 5.30. The summed E-state index contributed by atoms with van der Waals surface area (Å²) in [6, 6.07) is 0.410. The molecule has 0 amide bonds. The van der Waals surface area contributed by atoms with E-state index in [1.165, 1.54) is 0 Å². The van der Waals surface area contributed by atoms with Crippen molar-refractivity contribution in [1.29, 1.82) is 0 Å². The van der Waals surface area contributed by atoms with Crippen LogP contribution >= 0.6 is 0 Å². The maximum Gasteiger partial charge on any atom is 0.317 e. The number of carboxylic acid groups (broad SMARTS) is 1. The van der Waals surface area contributed by atoms with E-state index in [0.717, 1.165) is 32.8 Å². The van der Waals surface area contributed by atoms with Crippen LogP contribution in [0, 0.1) is 0 Å². The molecule has 0 aliphatic carbocycles. The van der Waals surface area contributed by atoms with Crippen LogP contribution in [0.2, 0.25) is 0 Å². The van der Waals surface area contributed by atoms with Crippen molar-refractivity contribution in [3.63, 3.8) is 0 Å². The molecule has 5 nitrogen and oxygen atoms in total. The van der Waals surface area contributed by atoms with Crippen LogP contribution in [0.5, 0.6) is 0 Å². The number of hydrogen-bond donors (Lipinski definition) is 1. The lowest BCUT2D eigenvalue weighted by Crippen LogP contribution is -2.53. The molecule has 1 N–H and O–H groups in total. The van der Waals surface area contributed by atoms with E-state index in [0.29, 0.717) is 6.04 Å². The molecule has 0 saturated carbocycles. The Labute approximate surface area is 90.6 Å². The predicted molar refractivity (Wildman–Crippen MR) is 57.0 cm³/mol. The Hall–Kier alpha value is -0.650. The molecule has 0 spiro atoms. The number of carbonyl (C=O) groups is 1. The highest BCUT2D eigenvalue weighted by Crippen LogP contribution is 2.08. The SMILES string of the molecule is COCCN1CCN(CC(=O)O)CC1C. The van der Waals surface area contributed by atoms with Gasteiger partial charge in [0.2, 0.25) is 0 Å². The molecule has 1 atom stereocenters. The van der Waals surface area contributed by atoms with Gasteiger partial charge in [-0.05, 0) is 6.92 Å². The first-order chi connectivity index (χ1) is 7.13. The van der Waals surface area contributed by atoms with Crippen molar-refractivity contribution in [2.24, 2.45) is 0 Å². The summed E-state index contributed by atoms with van der Waals surface area (Å²) in [5, 5.41) is 8.68. The van der Waals surface area contributed by atoms with Gasteiger partial charge in [-0.15, -0.1) is 0 Å². The summed E-state index contributed by atoms with van der Waals surface area (Å²) in [5.41, 5.74) is 0. The predicted octanol–water partition coefficient (Wildman–Crippen LogP) is -0.276. The molecule has 1 aliphatic heterocycles. The fourth-order valence-electron chi connectivity index (χ4n) is 1.95. The summed E-state index contributed by atoms with van der Waals surface area (Å²) in [5.74, 6) is -0.743. The number of piperazine rings is 1. The highest BCUT2D eigenvalue weighted by molar-refractivity contribution is 5.69. The van der Waals surface area contributed by atoms with E-state index in [-0.39, 0.29) is 6.54 Å². The Morgan fingerprint density at radius 2 is 2.27 bits per heavy atom. The third kappa shape index (κ3) is 4.15. The zero-order chi connectivity index (χ0) is 11.3. The smallest absolute Gasteiger partial charge is 0.317 e. The van der Waals surface area contributed by atoms with Gasteiger partial charge < -0.3 is 9.84 Å². The average Bonchev–Trinajstić information content (AvgIpc) is 2.15. The highest BCUT2D eigenvalue weighted by atomic mass is 16.5. The molecule has 1 saturated heterocycles. The molecule has 5 heteroatoms. The van der Waals surface area contributed by atoms with E-state index >= 15 is 0 Å². The van der Waals surface area contributed by atoms with Crippen LogP contribution in [0.1, 0.15) is 6.92 Å². The van der Waals surface area contributed by atoms with Gasteiger partial charge in [0.15, 0.2) is 0 Å². The molecule has 1 fully saturated rings. The van der Waals surface area contributed by atoms with Crippen molar-refractivity contribution in [1.82, 2.24) is 9.80 Å². The van der Waals surface area contributed by atoms with E-state index < -0.39 is 5.97 Å². The van der Waals surface area contributed by atoms with Crippen LogP contribution in [0.3, 0.4) is 0 Å². The quantitative estimate of drug-likeness (QED) is 0.685. The van der Waals surface area contributed by atoms with Gasteiger partial charge in [0.25, 0.3) is 0 Å². The fourth-order valence-corrected chi connectivity index (χ4v) is 1.95. The van der Waals surface area contributed by atoms with Gasteiger partial charge in [0.1, 0.15) is 0 Å². The van der Waals surface area contributed by atoms with E-state index in [4.69, 9.17) is 9.84 Å². The number of aliphatic carboxylic acids is 1. The van der Waals surface area contributed by atoms with Crippen molar-refractivity contribution in [2.75, 3.05) is 46.4 Å². The number of ether oxygens (including phenoxy) is 1. The second kappa shape index (κ2) is 6.05. The minimum absolute atomic E-state index is 0.155. The standard InChI is InChI=1S/C10H20N2O3/c1-9-7-11(8-10(13)14)3-4-12(9)5-6-15-2/h9H,3-8H2,1-2H3,(H,13,14). The Morgan fingerprint density at radius 1 is 1.53 bits per heavy atom. The van der Waals surface area contributed by atoms with Crippen LogP contribution in [-0.2, 0) is 9.53 Å². The first-order valence-corrected chi connectivity index (χ1v) is 5.30. The lowest BCUT2D eigenvalue weighted by Gasteiger charge is -2.39. The second-order valence-electron chi connectivity index (χ2n) is 4.01. The Kier molecular flexibility index (Phi) is 5.01. The summed E-state index contributed by atoms with van der Waals surface area (Å²) in [6.45, 7) is 6.54. The molecule has 0 aromatic rings. The lowest BCUT2D eigenvalue weighted by molar-refractivity contribution is -0.139. The maximum absolute atomic E-state index is 10.6. The van der Waals surface area contributed by atoms with Crippen molar-refractivity contribution in [3.8, 4) is 0 Å². The van der Waals surface area contributed by atoms with E-state index in [2.05, 4.69) is 11.8 Å².